The number of anilines is 5. The zero-order valence-electron chi connectivity index (χ0n) is 23.4. The Morgan fingerprint density at radius 2 is 1.27 bits per heavy atom. The van der Waals surface area contributed by atoms with Crippen LogP contribution in [0.4, 0.5) is 29.2 Å². The van der Waals surface area contributed by atoms with Crippen molar-refractivity contribution >= 4 is 47.5 Å². The molecule has 1 amide bonds. The number of aromatic hydroxyl groups is 2. The van der Waals surface area contributed by atoms with Gasteiger partial charge in [-0.25, -0.2) is 0 Å². The highest BCUT2D eigenvalue weighted by atomic mass is 35.5. The number of rotatable bonds is 6. The molecule has 41 heavy (non-hydrogen) atoms. The van der Waals surface area contributed by atoms with Crippen LogP contribution < -0.4 is 45.0 Å². The molecule has 2 aliphatic heterocycles. The van der Waals surface area contributed by atoms with Gasteiger partial charge >= 0.3 is 0 Å². The molecule has 2 saturated heterocycles. The Bertz CT molecular complexity index is 1220. The maximum atomic E-state index is 12.6. The Morgan fingerprint density at radius 3 is 1.80 bits per heavy atom. The lowest BCUT2D eigenvalue weighted by Crippen LogP contribution is -2.34. The summed E-state index contributed by atoms with van der Waals surface area (Å²) in [5.41, 5.74) is 1.32. The summed E-state index contributed by atoms with van der Waals surface area (Å²) in [6, 6.07) is 11.1. The lowest BCUT2D eigenvalue weighted by molar-refractivity contribution is 0.102. The molecule has 0 aliphatic carbocycles. The molecule has 1 aromatic heterocycles. The third kappa shape index (κ3) is 9.30. The van der Waals surface area contributed by atoms with Gasteiger partial charge in [0.15, 0.2) is 0 Å². The number of halogens is 1. The van der Waals surface area contributed by atoms with E-state index in [4.69, 9.17) is 15.0 Å². The van der Waals surface area contributed by atoms with Gasteiger partial charge in [-0.15, -0.1) is 12.4 Å². The molecule has 0 spiro atoms. The van der Waals surface area contributed by atoms with Gasteiger partial charge in [0.1, 0.15) is 11.5 Å². The van der Waals surface area contributed by atoms with Crippen LogP contribution in [0.1, 0.15) is 54.6 Å². The maximum Gasteiger partial charge on any atom is 0.259 e. The molecule has 2 fully saturated rings. The largest absolute Gasteiger partial charge is 0.508 e. The normalized spacial score (nSPS) is 14.0. The van der Waals surface area contributed by atoms with Gasteiger partial charge in [0.2, 0.25) is 17.8 Å². The van der Waals surface area contributed by atoms with E-state index >= 15 is 0 Å². The molecular formula is C26H52ClN11O3. The van der Waals surface area contributed by atoms with Gasteiger partial charge in [-0.3, -0.25) is 4.79 Å². The van der Waals surface area contributed by atoms with E-state index in [0.29, 0.717) is 29.2 Å². The van der Waals surface area contributed by atoms with Crippen molar-refractivity contribution in [1.29, 1.82) is 0 Å². The highest BCUT2D eigenvalue weighted by Crippen LogP contribution is 2.26. The van der Waals surface area contributed by atoms with E-state index in [1.165, 1.54) is 25.0 Å². The second-order valence-corrected chi connectivity index (χ2v) is 9.22. The van der Waals surface area contributed by atoms with Crippen LogP contribution in [0.2, 0.25) is 0 Å². The number of benzene rings is 2. The van der Waals surface area contributed by atoms with Crippen LogP contribution in [0.25, 0.3) is 0 Å². The first-order chi connectivity index (χ1) is 17.5. The summed E-state index contributed by atoms with van der Waals surface area (Å²) in [4.78, 5) is 31.4. The number of piperidine rings is 2. The first-order valence-corrected chi connectivity index (χ1v) is 12.5. The van der Waals surface area contributed by atoms with Gasteiger partial charge in [-0.2, -0.15) is 15.0 Å². The van der Waals surface area contributed by atoms with E-state index < -0.39 is 5.91 Å². The molecule has 2 aromatic carbocycles. The number of phenolic OH excluding ortho intramolecular Hbond substituents is 2. The van der Waals surface area contributed by atoms with Crippen LogP contribution in [0.15, 0.2) is 42.5 Å². The Labute approximate surface area is 252 Å². The molecule has 0 radical (unpaired) electrons. The number of nitrogens with one attached hydrogen (secondary N) is 2. The topological polar surface area (TPSA) is 267 Å². The first kappa shape index (κ1) is 37.0. The fraction of sp³-hybridized carbons (Fsp3) is 0.385. The van der Waals surface area contributed by atoms with E-state index in [0.717, 1.165) is 57.9 Å². The summed E-state index contributed by atoms with van der Waals surface area (Å²) in [6.07, 6.45) is 6.98. The van der Waals surface area contributed by atoms with Crippen LogP contribution in [0.3, 0.4) is 0 Å². The summed E-state index contributed by atoms with van der Waals surface area (Å²) in [6.45, 7) is 3.76. The Balaban J connectivity index is -0.000000593. The molecule has 3 heterocycles. The van der Waals surface area contributed by atoms with Crippen molar-refractivity contribution in [1.82, 2.24) is 39.6 Å². The van der Waals surface area contributed by atoms with Crippen molar-refractivity contribution < 1.29 is 20.7 Å². The molecule has 5 rings (SSSR count). The van der Waals surface area contributed by atoms with Crippen LogP contribution >= 0.6 is 12.4 Å². The van der Waals surface area contributed by atoms with Gasteiger partial charge in [0.05, 0.1) is 5.56 Å². The zero-order valence-corrected chi connectivity index (χ0v) is 24.2. The summed E-state index contributed by atoms with van der Waals surface area (Å²) in [5.74, 6) is 0.971. The van der Waals surface area contributed by atoms with Gasteiger partial charge in [0.25, 0.3) is 5.91 Å². The minimum Gasteiger partial charge on any atom is -0.508 e. The van der Waals surface area contributed by atoms with Crippen LogP contribution in [0, 0.1) is 0 Å². The highest BCUT2D eigenvalue weighted by Gasteiger charge is 2.20. The molecule has 236 valence electrons. The van der Waals surface area contributed by atoms with Gasteiger partial charge < -0.3 is 55.2 Å². The van der Waals surface area contributed by atoms with E-state index in [9.17, 15) is 15.0 Å². The number of hydrogen-bond acceptors (Lipinski definition) is 13. The standard InChI is InChI=1S/C26H31N7O3.ClH.4H3N.4H2/c34-20-10-11-21(22(35)17-20)23(36)27-18-8-7-9-19(16-18)28-24-29-25(32-12-3-1-4-13-32)31-26(30-24)33-14-5-2-6-15-33;;;;;;;;;/h7-11,16-17,34-35H,1-6,12-15H2,(H,27,36)(H,28,29,30,31);1H;4*1H3;4*1H. The molecule has 3 aromatic rings. The molecule has 15 heteroatoms. The fourth-order valence-electron chi connectivity index (χ4n) is 4.59. The van der Waals surface area contributed by atoms with E-state index in [-0.39, 0.29) is 59.8 Å². The predicted molar refractivity (Wildman–Crippen MR) is 175 cm³/mol. The minimum absolute atomic E-state index is 0. The predicted octanol–water partition coefficient (Wildman–Crippen LogP) is 6.31. The summed E-state index contributed by atoms with van der Waals surface area (Å²) in [7, 11) is 0. The third-order valence-electron chi connectivity index (χ3n) is 6.49. The average Bonchev–Trinajstić information content (AvgIpc) is 2.89. The molecule has 14 nitrogen and oxygen atoms in total. The second kappa shape index (κ2) is 17.0. The molecule has 0 unspecified atom stereocenters. The molecule has 0 saturated carbocycles. The molecule has 0 bridgehead atoms. The van der Waals surface area contributed by atoms with Gasteiger partial charge in [-0.05, 0) is 68.9 Å². The highest BCUT2D eigenvalue weighted by molar-refractivity contribution is 6.06. The summed E-state index contributed by atoms with van der Waals surface area (Å²) < 4.78 is 0. The van der Waals surface area contributed by atoms with Gasteiger partial charge in [0, 0.05) is 49.3 Å². The number of phenols is 2. The van der Waals surface area contributed by atoms with Crippen molar-refractivity contribution in [2.75, 3.05) is 46.6 Å². The van der Waals surface area contributed by atoms with Crippen molar-refractivity contribution in [2.45, 2.75) is 38.5 Å². The Hall–Kier alpha value is -3.95. The first-order valence-electron chi connectivity index (χ1n) is 12.5. The van der Waals surface area contributed by atoms with Crippen LogP contribution in [-0.4, -0.2) is 57.3 Å². The van der Waals surface area contributed by atoms with Crippen LogP contribution in [-0.2, 0) is 0 Å². The van der Waals surface area contributed by atoms with Crippen molar-refractivity contribution in [3.8, 4) is 11.5 Å². The van der Waals surface area contributed by atoms with E-state index in [1.807, 2.05) is 12.1 Å². The van der Waals surface area contributed by atoms with Crippen molar-refractivity contribution in [2.24, 2.45) is 0 Å². The zero-order chi connectivity index (χ0) is 24.9. The Morgan fingerprint density at radius 1 is 0.732 bits per heavy atom. The number of hydrogen-bond donors (Lipinski definition) is 8. The number of aromatic nitrogens is 3. The quantitative estimate of drug-likeness (QED) is 0.154. The van der Waals surface area contributed by atoms with Crippen molar-refractivity contribution in [3.05, 3.63) is 48.0 Å². The smallest absolute Gasteiger partial charge is 0.259 e. The van der Waals surface area contributed by atoms with E-state index in [2.05, 4.69) is 20.4 Å². The van der Waals surface area contributed by atoms with E-state index in [1.54, 1.807) is 12.1 Å². The Kier molecular flexibility index (Phi) is 15.4. The molecule has 2 aliphatic rings. The lowest BCUT2D eigenvalue weighted by atomic mass is 10.1. The fourth-order valence-corrected chi connectivity index (χ4v) is 4.59. The molecule has 16 N–H and O–H groups in total. The SMILES string of the molecule is Cl.N.N.N.N.O=C(Nc1cccc(Nc2nc(N3CCCCC3)nc(N3CCCCC3)n2)c1)c1ccc(O)cc1O.[HH].[HH].[HH].[HH]. The van der Waals surface area contributed by atoms with Crippen LogP contribution in [0.5, 0.6) is 11.5 Å². The maximum absolute atomic E-state index is 12.6. The number of carbonyl (C=O) groups excluding carboxylic acids is 1. The number of nitrogens with zero attached hydrogens (tertiary/aromatic N) is 5. The monoisotopic (exact) mass is 601 g/mol. The summed E-state index contributed by atoms with van der Waals surface area (Å²) >= 11 is 0. The number of amides is 1. The van der Waals surface area contributed by atoms with Gasteiger partial charge in [-0.1, -0.05) is 6.07 Å². The minimum atomic E-state index is -0.482. The number of carbonyl (C=O) groups is 1. The second-order valence-electron chi connectivity index (χ2n) is 9.22. The molecule has 0 atom stereocenters. The molecular weight excluding hydrogens is 550 g/mol. The lowest BCUT2D eigenvalue weighted by Gasteiger charge is -2.30. The summed E-state index contributed by atoms with van der Waals surface area (Å²) in [5, 5.41) is 25.5. The van der Waals surface area contributed by atoms with Crippen molar-refractivity contribution in [3.63, 3.8) is 0 Å². The third-order valence-corrected chi connectivity index (χ3v) is 6.49. The average molecular weight is 602 g/mol.